The lowest BCUT2D eigenvalue weighted by molar-refractivity contribution is -0.122. The summed E-state index contributed by atoms with van der Waals surface area (Å²) in [6.45, 7) is 0.772. The first-order valence-corrected chi connectivity index (χ1v) is 7.16. The topological polar surface area (TPSA) is 41.9 Å². The zero-order chi connectivity index (χ0) is 13.2. The maximum atomic E-state index is 12.2. The molecule has 1 saturated heterocycles. The van der Waals surface area contributed by atoms with Crippen LogP contribution in [0.4, 0.5) is 0 Å². The Bertz CT molecular complexity index is 581. The summed E-state index contributed by atoms with van der Waals surface area (Å²) in [5.41, 5.74) is 1.37. The molecule has 1 aromatic carbocycles. The molecule has 2 aliphatic rings. The van der Waals surface area contributed by atoms with Gasteiger partial charge in [0, 0.05) is 17.9 Å². The highest BCUT2D eigenvalue weighted by Crippen LogP contribution is 2.29. The monoisotopic (exact) mass is 274 g/mol. The number of carbonyl (C=O) groups is 1. The van der Waals surface area contributed by atoms with Gasteiger partial charge in [0.25, 0.3) is 5.91 Å². The van der Waals surface area contributed by atoms with Crippen LogP contribution in [0.1, 0.15) is 12.0 Å². The van der Waals surface area contributed by atoms with Crippen LogP contribution >= 0.6 is 11.8 Å². The Hall–Kier alpha value is -1.75. The van der Waals surface area contributed by atoms with Gasteiger partial charge in [0.2, 0.25) is 0 Å². The Labute approximate surface area is 116 Å². The van der Waals surface area contributed by atoms with Gasteiger partial charge in [0.05, 0.1) is 7.11 Å². The molecule has 0 atom stereocenters. The maximum absolute atomic E-state index is 12.2. The van der Waals surface area contributed by atoms with Crippen molar-refractivity contribution in [3.8, 4) is 5.75 Å². The van der Waals surface area contributed by atoms with Crippen molar-refractivity contribution in [3.05, 3.63) is 35.5 Å². The zero-order valence-electron chi connectivity index (χ0n) is 10.6. The van der Waals surface area contributed by atoms with Crippen LogP contribution in [0.2, 0.25) is 0 Å². The minimum absolute atomic E-state index is 0.00638. The molecule has 0 unspecified atom stereocenters. The van der Waals surface area contributed by atoms with E-state index in [4.69, 9.17) is 4.74 Å². The van der Waals surface area contributed by atoms with Crippen LogP contribution in [0.15, 0.2) is 35.0 Å². The van der Waals surface area contributed by atoms with Crippen molar-refractivity contribution < 1.29 is 9.53 Å². The Balaban J connectivity index is 1.96. The summed E-state index contributed by atoms with van der Waals surface area (Å²) in [6.07, 6.45) is 2.82. The minimum atomic E-state index is -0.00638. The van der Waals surface area contributed by atoms with Gasteiger partial charge >= 0.3 is 0 Å². The molecule has 0 saturated carbocycles. The summed E-state index contributed by atoms with van der Waals surface area (Å²) in [7, 11) is 1.62. The fraction of sp³-hybridized carbons (Fsp3) is 0.286. The summed E-state index contributed by atoms with van der Waals surface area (Å²) in [6, 6.07) is 7.62. The second-order valence-corrected chi connectivity index (χ2v) is 5.39. The van der Waals surface area contributed by atoms with Gasteiger partial charge in [-0.3, -0.25) is 9.69 Å². The number of nitrogens with zero attached hydrogens (tertiary/aromatic N) is 2. The number of ether oxygens (including phenoxy) is 1. The number of hydrogen-bond acceptors (Lipinski definition) is 4. The smallest absolute Gasteiger partial charge is 0.278 e. The van der Waals surface area contributed by atoms with Crippen molar-refractivity contribution in [1.29, 1.82) is 0 Å². The first-order chi connectivity index (χ1) is 9.29. The number of rotatable bonds is 2. The van der Waals surface area contributed by atoms with Crippen LogP contribution in [-0.2, 0) is 4.79 Å². The number of aliphatic imine (C=N–C) groups is 1. The predicted octanol–water partition coefficient (Wildman–Crippen LogP) is 2.37. The summed E-state index contributed by atoms with van der Waals surface area (Å²) in [5.74, 6) is 1.78. The SMILES string of the molecule is COc1ccccc1C=C1N=C2SCCCN2C1=O. The largest absolute Gasteiger partial charge is 0.496 e. The van der Waals surface area contributed by atoms with E-state index in [-0.39, 0.29) is 5.91 Å². The quantitative estimate of drug-likeness (QED) is 0.778. The van der Waals surface area contributed by atoms with E-state index in [0.717, 1.165) is 35.2 Å². The third-order valence-electron chi connectivity index (χ3n) is 3.10. The Morgan fingerprint density at radius 2 is 2.26 bits per heavy atom. The van der Waals surface area contributed by atoms with Crippen LogP contribution in [0, 0.1) is 0 Å². The third-order valence-corrected chi connectivity index (χ3v) is 4.16. The summed E-state index contributed by atoms with van der Waals surface area (Å²) >= 11 is 1.64. The molecule has 4 nitrogen and oxygen atoms in total. The Morgan fingerprint density at radius 3 is 3.05 bits per heavy atom. The lowest BCUT2D eigenvalue weighted by atomic mass is 10.1. The van der Waals surface area contributed by atoms with Crippen molar-refractivity contribution in [2.24, 2.45) is 4.99 Å². The standard InChI is InChI=1S/C14H14N2O2S/c1-18-12-6-3-2-5-10(12)9-11-13(17)16-7-4-8-19-14(16)15-11/h2-3,5-6,9H,4,7-8H2,1H3. The van der Waals surface area contributed by atoms with E-state index in [1.165, 1.54) is 0 Å². The summed E-state index contributed by atoms with van der Waals surface area (Å²) < 4.78 is 5.29. The molecular weight excluding hydrogens is 260 g/mol. The van der Waals surface area contributed by atoms with E-state index < -0.39 is 0 Å². The van der Waals surface area contributed by atoms with Crippen molar-refractivity contribution in [3.63, 3.8) is 0 Å². The van der Waals surface area contributed by atoms with Gasteiger partial charge in [-0.25, -0.2) is 4.99 Å². The molecule has 2 heterocycles. The van der Waals surface area contributed by atoms with Crippen molar-refractivity contribution in [2.45, 2.75) is 6.42 Å². The second kappa shape index (κ2) is 5.09. The number of amides is 1. The molecule has 98 valence electrons. The molecule has 0 bridgehead atoms. The number of thioether (sulfide) groups is 1. The predicted molar refractivity (Wildman–Crippen MR) is 77.2 cm³/mol. The van der Waals surface area contributed by atoms with Gasteiger partial charge in [0.15, 0.2) is 5.17 Å². The van der Waals surface area contributed by atoms with Crippen molar-refractivity contribution in [1.82, 2.24) is 4.90 Å². The van der Waals surface area contributed by atoms with E-state index in [9.17, 15) is 4.79 Å². The first kappa shape index (κ1) is 12.3. The number of methoxy groups -OCH3 is 1. The van der Waals surface area contributed by atoms with Gasteiger partial charge in [0.1, 0.15) is 11.4 Å². The fourth-order valence-electron chi connectivity index (χ4n) is 2.16. The molecule has 0 radical (unpaired) electrons. The molecule has 0 aliphatic carbocycles. The molecule has 2 aliphatic heterocycles. The number of hydrogen-bond donors (Lipinski definition) is 0. The molecule has 19 heavy (non-hydrogen) atoms. The number of para-hydroxylation sites is 1. The van der Waals surface area contributed by atoms with Crippen LogP contribution in [-0.4, -0.2) is 35.4 Å². The lowest BCUT2D eigenvalue weighted by Gasteiger charge is -2.21. The summed E-state index contributed by atoms with van der Waals surface area (Å²) in [5, 5.41) is 0.831. The number of carbonyl (C=O) groups excluding carboxylic acids is 1. The average molecular weight is 274 g/mol. The molecule has 5 heteroatoms. The third kappa shape index (κ3) is 2.26. The number of amidine groups is 1. The number of benzene rings is 1. The zero-order valence-corrected chi connectivity index (χ0v) is 11.4. The van der Waals surface area contributed by atoms with E-state index in [1.807, 2.05) is 24.3 Å². The van der Waals surface area contributed by atoms with Crippen LogP contribution in [0.5, 0.6) is 5.75 Å². The number of fused-ring (bicyclic) bond motifs is 1. The van der Waals surface area contributed by atoms with Gasteiger partial charge < -0.3 is 4.74 Å². The van der Waals surface area contributed by atoms with Crippen LogP contribution in [0.3, 0.4) is 0 Å². The Kier molecular flexibility index (Phi) is 3.29. The first-order valence-electron chi connectivity index (χ1n) is 6.17. The molecule has 1 fully saturated rings. The van der Waals surface area contributed by atoms with Gasteiger partial charge in [-0.05, 0) is 18.6 Å². The highest BCUT2D eigenvalue weighted by Gasteiger charge is 2.32. The highest BCUT2D eigenvalue weighted by molar-refractivity contribution is 8.13. The highest BCUT2D eigenvalue weighted by atomic mass is 32.2. The second-order valence-electron chi connectivity index (χ2n) is 4.32. The van der Waals surface area contributed by atoms with E-state index in [1.54, 1.807) is 29.8 Å². The van der Waals surface area contributed by atoms with Gasteiger partial charge in [-0.15, -0.1) is 0 Å². The van der Waals surface area contributed by atoms with Crippen molar-refractivity contribution >= 4 is 28.9 Å². The molecule has 0 N–H and O–H groups in total. The van der Waals surface area contributed by atoms with E-state index >= 15 is 0 Å². The van der Waals surface area contributed by atoms with Crippen molar-refractivity contribution in [2.75, 3.05) is 19.4 Å². The normalized spacial score (nSPS) is 20.5. The minimum Gasteiger partial charge on any atom is -0.496 e. The molecule has 0 aromatic heterocycles. The summed E-state index contributed by atoms with van der Waals surface area (Å²) in [4.78, 5) is 18.4. The van der Waals surface area contributed by atoms with E-state index in [0.29, 0.717) is 5.70 Å². The molecule has 3 rings (SSSR count). The Morgan fingerprint density at radius 1 is 1.42 bits per heavy atom. The van der Waals surface area contributed by atoms with E-state index in [2.05, 4.69) is 4.99 Å². The van der Waals surface area contributed by atoms with Crippen LogP contribution in [0.25, 0.3) is 6.08 Å². The van der Waals surface area contributed by atoms with Gasteiger partial charge in [-0.2, -0.15) is 0 Å². The molecule has 1 amide bonds. The molecular formula is C14H14N2O2S. The lowest BCUT2D eigenvalue weighted by Crippen LogP contribution is -2.34. The molecule has 1 aromatic rings. The van der Waals surface area contributed by atoms with Gasteiger partial charge in [-0.1, -0.05) is 30.0 Å². The van der Waals surface area contributed by atoms with Crippen LogP contribution < -0.4 is 4.74 Å². The average Bonchev–Trinajstić information content (AvgIpc) is 2.77. The molecule has 0 spiro atoms. The fourth-order valence-corrected chi connectivity index (χ4v) is 3.11. The maximum Gasteiger partial charge on any atom is 0.278 e.